The number of hydrogen-bond acceptors (Lipinski definition) is 6. The number of nitrogens with one attached hydrogen (secondary N) is 2. The first-order chi connectivity index (χ1) is 13.0. The van der Waals surface area contributed by atoms with Crippen LogP contribution in [0.4, 0.5) is 4.39 Å². The fraction of sp³-hybridized carbons (Fsp3) is 0.500. The summed E-state index contributed by atoms with van der Waals surface area (Å²) in [6.07, 6.45) is 0.994. The Hall–Kier alpha value is -2.52. The van der Waals surface area contributed by atoms with E-state index in [1.807, 2.05) is 11.6 Å². The largest absolute Gasteiger partial charge is 0.491 e. The maximum absolute atomic E-state index is 12.8. The SMILES string of the molecule is Cc1c(C(=O)NC[C@H](O)COc2ccc(F)cc2)nnn1C1CCNCC1. The van der Waals surface area contributed by atoms with E-state index in [0.29, 0.717) is 5.75 Å². The van der Waals surface area contributed by atoms with Crippen molar-refractivity contribution in [2.75, 3.05) is 26.2 Å². The first kappa shape index (κ1) is 19.2. The van der Waals surface area contributed by atoms with Gasteiger partial charge in [-0.3, -0.25) is 4.79 Å². The highest BCUT2D eigenvalue weighted by atomic mass is 19.1. The van der Waals surface area contributed by atoms with Gasteiger partial charge in [-0.05, 0) is 57.1 Å². The number of aromatic nitrogens is 3. The van der Waals surface area contributed by atoms with Gasteiger partial charge < -0.3 is 20.5 Å². The lowest BCUT2D eigenvalue weighted by atomic mass is 10.1. The van der Waals surface area contributed by atoms with Crippen molar-refractivity contribution in [1.82, 2.24) is 25.6 Å². The number of aliphatic hydroxyl groups is 1. The molecule has 2 aromatic rings. The summed E-state index contributed by atoms with van der Waals surface area (Å²) in [4.78, 5) is 12.3. The third kappa shape index (κ3) is 5.01. The molecule has 8 nitrogen and oxygen atoms in total. The lowest BCUT2D eigenvalue weighted by molar-refractivity contribution is 0.0839. The van der Waals surface area contributed by atoms with Crippen LogP contribution in [0.15, 0.2) is 24.3 Å². The Morgan fingerprint density at radius 3 is 2.81 bits per heavy atom. The van der Waals surface area contributed by atoms with Gasteiger partial charge in [0.25, 0.3) is 5.91 Å². The summed E-state index contributed by atoms with van der Waals surface area (Å²) >= 11 is 0. The van der Waals surface area contributed by atoms with Crippen molar-refractivity contribution < 1.29 is 19.0 Å². The Labute approximate surface area is 156 Å². The van der Waals surface area contributed by atoms with Crippen molar-refractivity contribution in [3.63, 3.8) is 0 Å². The minimum absolute atomic E-state index is 0.0136. The number of carbonyl (C=O) groups is 1. The van der Waals surface area contributed by atoms with E-state index in [9.17, 15) is 14.3 Å². The van der Waals surface area contributed by atoms with E-state index < -0.39 is 6.10 Å². The molecule has 9 heteroatoms. The minimum Gasteiger partial charge on any atom is -0.491 e. The van der Waals surface area contributed by atoms with Crippen LogP contribution in [0.5, 0.6) is 5.75 Å². The van der Waals surface area contributed by atoms with Gasteiger partial charge >= 0.3 is 0 Å². The number of ether oxygens (including phenoxy) is 1. The van der Waals surface area contributed by atoms with Crippen molar-refractivity contribution in [3.8, 4) is 5.75 Å². The summed E-state index contributed by atoms with van der Waals surface area (Å²) in [5, 5.41) is 24.0. The Kier molecular flexibility index (Phi) is 6.36. The molecule has 1 atom stereocenters. The van der Waals surface area contributed by atoms with Gasteiger partial charge in [0, 0.05) is 6.54 Å². The molecule has 0 radical (unpaired) electrons. The zero-order chi connectivity index (χ0) is 19.2. The van der Waals surface area contributed by atoms with Gasteiger partial charge in [0.2, 0.25) is 0 Å². The summed E-state index contributed by atoms with van der Waals surface area (Å²) in [6, 6.07) is 5.75. The second kappa shape index (κ2) is 8.92. The number of nitrogens with zero attached hydrogens (tertiary/aromatic N) is 3. The van der Waals surface area contributed by atoms with Crippen molar-refractivity contribution in [1.29, 1.82) is 0 Å². The molecule has 0 saturated carbocycles. The Balaban J connectivity index is 1.48. The number of halogens is 1. The molecule has 0 bridgehead atoms. The van der Waals surface area contributed by atoms with Crippen LogP contribution in [0.2, 0.25) is 0 Å². The predicted octanol–water partition coefficient (Wildman–Crippen LogP) is 0.820. The van der Waals surface area contributed by atoms with Crippen LogP contribution in [0.25, 0.3) is 0 Å². The topological polar surface area (TPSA) is 101 Å². The first-order valence-electron chi connectivity index (χ1n) is 9.01. The molecule has 1 fully saturated rings. The van der Waals surface area contributed by atoms with Crippen LogP contribution in [0.1, 0.15) is 35.1 Å². The number of hydrogen-bond donors (Lipinski definition) is 3. The summed E-state index contributed by atoms with van der Waals surface area (Å²) < 4.78 is 20.0. The molecule has 1 aromatic carbocycles. The molecule has 1 aliphatic heterocycles. The van der Waals surface area contributed by atoms with Crippen molar-refractivity contribution >= 4 is 5.91 Å². The molecule has 0 aliphatic carbocycles. The zero-order valence-corrected chi connectivity index (χ0v) is 15.2. The Morgan fingerprint density at radius 1 is 1.41 bits per heavy atom. The van der Waals surface area contributed by atoms with E-state index in [4.69, 9.17) is 4.74 Å². The number of rotatable bonds is 7. The van der Waals surface area contributed by atoms with Gasteiger partial charge in [-0.1, -0.05) is 5.21 Å². The van der Waals surface area contributed by atoms with Crippen LogP contribution in [0, 0.1) is 12.7 Å². The molecule has 1 amide bonds. The van der Waals surface area contributed by atoms with Crippen LogP contribution < -0.4 is 15.4 Å². The highest BCUT2D eigenvalue weighted by Crippen LogP contribution is 2.20. The highest BCUT2D eigenvalue weighted by Gasteiger charge is 2.23. The molecule has 3 rings (SSSR count). The number of carbonyl (C=O) groups excluding carboxylic acids is 1. The van der Waals surface area contributed by atoms with Crippen molar-refractivity contribution in [3.05, 3.63) is 41.5 Å². The van der Waals surface area contributed by atoms with Crippen molar-refractivity contribution in [2.24, 2.45) is 0 Å². The fourth-order valence-electron chi connectivity index (χ4n) is 3.03. The van der Waals surface area contributed by atoms with Crippen LogP contribution in [-0.4, -0.2) is 58.4 Å². The lowest BCUT2D eigenvalue weighted by Crippen LogP contribution is -2.36. The average molecular weight is 377 g/mol. The van der Waals surface area contributed by atoms with Gasteiger partial charge in [0.1, 0.15) is 24.3 Å². The first-order valence-corrected chi connectivity index (χ1v) is 9.01. The van der Waals surface area contributed by atoms with Crippen LogP contribution in [-0.2, 0) is 0 Å². The van der Waals surface area contributed by atoms with E-state index >= 15 is 0 Å². The average Bonchev–Trinajstić information content (AvgIpc) is 3.08. The maximum Gasteiger partial charge on any atom is 0.273 e. The number of piperidine rings is 1. The molecule has 0 spiro atoms. The molecule has 27 heavy (non-hydrogen) atoms. The normalized spacial score (nSPS) is 16.1. The second-order valence-corrected chi connectivity index (χ2v) is 6.58. The monoisotopic (exact) mass is 377 g/mol. The number of benzene rings is 1. The zero-order valence-electron chi connectivity index (χ0n) is 15.2. The fourth-order valence-corrected chi connectivity index (χ4v) is 3.03. The summed E-state index contributed by atoms with van der Waals surface area (Å²) in [6.45, 7) is 3.66. The Bertz CT molecular complexity index is 759. The number of amides is 1. The van der Waals surface area contributed by atoms with E-state index in [1.54, 1.807) is 0 Å². The Morgan fingerprint density at radius 2 is 2.11 bits per heavy atom. The lowest BCUT2D eigenvalue weighted by Gasteiger charge is -2.23. The molecule has 0 unspecified atom stereocenters. The molecule has 1 aromatic heterocycles. The highest BCUT2D eigenvalue weighted by molar-refractivity contribution is 5.93. The van der Waals surface area contributed by atoms with Gasteiger partial charge in [0.05, 0.1) is 11.7 Å². The molecule has 1 saturated heterocycles. The number of aliphatic hydroxyl groups excluding tert-OH is 1. The van der Waals surface area contributed by atoms with E-state index in [2.05, 4.69) is 20.9 Å². The molecule has 1 aliphatic rings. The maximum atomic E-state index is 12.8. The third-order valence-electron chi connectivity index (χ3n) is 4.55. The van der Waals surface area contributed by atoms with Gasteiger partial charge in [-0.25, -0.2) is 9.07 Å². The third-order valence-corrected chi connectivity index (χ3v) is 4.55. The predicted molar refractivity (Wildman–Crippen MR) is 96.1 cm³/mol. The van der Waals surface area contributed by atoms with Crippen molar-refractivity contribution in [2.45, 2.75) is 31.9 Å². The summed E-state index contributed by atoms with van der Waals surface area (Å²) in [5.74, 6) is -0.292. The molecular weight excluding hydrogens is 353 g/mol. The standard InChI is InChI=1S/C18H24FN5O3/c1-12-17(22-23-24(12)14-6-8-20-9-7-14)18(26)21-10-15(25)11-27-16-4-2-13(19)3-5-16/h2-5,14-15,20,25H,6-11H2,1H3,(H,21,26)/t15-/m0/s1. The van der Waals surface area contributed by atoms with Gasteiger partial charge in [-0.15, -0.1) is 5.10 Å². The molecular formula is C18H24FN5O3. The van der Waals surface area contributed by atoms with Crippen LogP contribution >= 0.6 is 0 Å². The smallest absolute Gasteiger partial charge is 0.273 e. The van der Waals surface area contributed by atoms with Gasteiger partial charge in [0.15, 0.2) is 5.69 Å². The summed E-state index contributed by atoms with van der Waals surface area (Å²) in [7, 11) is 0. The summed E-state index contributed by atoms with van der Waals surface area (Å²) in [5.41, 5.74) is 0.983. The van der Waals surface area contributed by atoms with Crippen LogP contribution in [0.3, 0.4) is 0 Å². The van der Waals surface area contributed by atoms with E-state index in [0.717, 1.165) is 31.6 Å². The molecule has 3 N–H and O–H groups in total. The molecule has 146 valence electrons. The minimum atomic E-state index is -0.904. The molecule has 2 heterocycles. The van der Waals surface area contributed by atoms with Gasteiger partial charge in [-0.2, -0.15) is 0 Å². The quantitative estimate of drug-likeness (QED) is 0.660. The van der Waals surface area contributed by atoms with E-state index in [1.165, 1.54) is 24.3 Å². The van der Waals surface area contributed by atoms with E-state index in [-0.39, 0.29) is 36.6 Å². The second-order valence-electron chi connectivity index (χ2n) is 6.58.